The number of furan rings is 1. The molecule has 0 fully saturated rings. The van der Waals surface area contributed by atoms with Gasteiger partial charge < -0.3 is 4.42 Å². The van der Waals surface area contributed by atoms with E-state index in [9.17, 15) is 0 Å². The van der Waals surface area contributed by atoms with Crippen molar-refractivity contribution in [3.8, 4) is 11.3 Å². The summed E-state index contributed by atoms with van der Waals surface area (Å²) in [6.45, 7) is 11.6. The molecule has 0 aliphatic heterocycles. The quantitative estimate of drug-likeness (QED) is 0.259. The van der Waals surface area contributed by atoms with Gasteiger partial charge in [-0.15, -0.1) is 0 Å². The van der Waals surface area contributed by atoms with Crippen LogP contribution in [0.5, 0.6) is 0 Å². The van der Waals surface area contributed by atoms with Gasteiger partial charge in [0, 0.05) is 16.2 Å². The highest BCUT2D eigenvalue weighted by Crippen LogP contribution is 2.49. The first-order valence-corrected chi connectivity index (χ1v) is 11.9. The number of benzene rings is 3. The van der Waals surface area contributed by atoms with Gasteiger partial charge >= 0.3 is 0 Å². The Bertz CT molecular complexity index is 1590. The fourth-order valence-corrected chi connectivity index (χ4v) is 5.80. The van der Waals surface area contributed by atoms with E-state index in [1.807, 2.05) is 6.33 Å². The number of fused-ring (bicyclic) bond motifs is 5. The van der Waals surface area contributed by atoms with E-state index in [0.717, 1.165) is 24.0 Å². The number of nitrogens with zero attached hydrogens (tertiary/aromatic N) is 2. The Kier molecular flexibility index (Phi) is 4.12. The predicted octanol–water partition coefficient (Wildman–Crippen LogP) is 7.28. The number of rotatable bonds is 1. The third-order valence-corrected chi connectivity index (χ3v) is 7.83. The van der Waals surface area contributed by atoms with E-state index in [0.29, 0.717) is 0 Å². The van der Waals surface area contributed by atoms with E-state index < -0.39 is 0 Å². The van der Waals surface area contributed by atoms with Gasteiger partial charge in [0.15, 0.2) is 5.69 Å². The Morgan fingerprint density at radius 3 is 2.33 bits per heavy atom. The van der Waals surface area contributed by atoms with Gasteiger partial charge in [-0.3, -0.25) is 0 Å². The molecule has 3 aromatic carbocycles. The van der Waals surface area contributed by atoms with Crippen LogP contribution in [0.4, 0.5) is 0 Å². The molecule has 2 heterocycles. The lowest BCUT2D eigenvalue weighted by Gasteiger charge is -2.39. The topological polar surface area (TPSA) is 29.9 Å². The van der Waals surface area contributed by atoms with Gasteiger partial charge in [0.25, 0.3) is 6.33 Å². The van der Waals surface area contributed by atoms with Crippen LogP contribution in [-0.4, -0.2) is 4.98 Å². The molecule has 3 heteroatoms. The van der Waals surface area contributed by atoms with Crippen molar-refractivity contribution < 1.29 is 8.98 Å². The molecule has 0 saturated carbocycles. The lowest BCUT2D eigenvalue weighted by Crippen LogP contribution is -2.43. The third-order valence-electron chi connectivity index (χ3n) is 7.83. The van der Waals surface area contributed by atoms with Crippen LogP contribution in [-0.2, 0) is 17.9 Å². The highest BCUT2D eigenvalue weighted by Gasteiger charge is 2.45. The SMILES string of the molecule is Cc1ccc2c(oc3cc4ccccc4cc32)c1-c1c2c(nc[n+]1C)C(C)(C)CCC2(C)C. The summed E-state index contributed by atoms with van der Waals surface area (Å²) in [4.78, 5) is 4.98. The van der Waals surface area contributed by atoms with E-state index in [1.54, 1.807) is 0 Å². The lowest BCUT2D eigenvalue weighted by molar-refractivity contribution is -0.664. The molecule has 0 N–H and O–H groups in total. The molecule has 1 aliphatic rings. The smallest absolute Gasteiger partial charge is 0.286 e. The number of hydrogen-bond acceptors (Lipinski definition) is 2. The maximum Gasteiger partial charge on any atom is 0.286 e. The van der Waals surface area contributed by atoms with E-state index in [-0.39, 0.29) is 10.8 Å². The predicted molar refractivity (Wildman–Crippen MR) is 136 cm³/mol. The largest absolute Gasteiger partial charge is 0.455 e. The summed E-state index contributed by atoms with van der Waals surface area (Å²) in [6.07, 6.45) is 4.28. The average molecular weight is 436 g/mol. The van der Waals surface area contributed by atoms with Gasteiger partial charge in [0.2, 0.25) is 0 Å². The second-order valence-corrected chi connectivity index (χ2v) is 11.1. The summed E-state index contributed by atoms with van der Waals surface area (Å²) < 4.78 is 8.86. The minimum Gasteiger partial charge on any atom is -0.455 e. The van der Waals surface area contributed by atoms with Crippen LogP contribution in [0.1, 0.15) is 57.4 Å². The second-order valence-electron chi connectivity index (χ2n) is 11.1. The van der Waals surface area contributed by atoms with Crippen molar-refractivity contribution in [1.82, 2.24) is 4.98 Å². The first kappa shape index (κ1) is 20.4. The van der Waals surface area contributed by atoms with Crippen molar-refractivity contribution in [1.29, 1.82) is 0 Å². The minimum absolute atomic E-state index is 0.0432. The maximum absolute atomic E-state index is 6.66. The van der Waals surface area contributed by atoms with Crippen molar-refractivity contribution in [3.05, 3.63) is 71.7 Å². The van der Waals surface area contributed by atoms with Crippen LogP contribution in [0.25, 0.3) is 44.0 Å². The number of hydrogen-bond donors (Lipinski definition) is 0. The summed E-state index contributed by atoms with van der Waals surface area (Å²) in [5, 5.41) is 4.80. The summed E-state index contributed by atoms with van der Waals surface area (Å²) in [5.41, 5.74) is 8.28. The summed E-state index contributed by atoms with van der Waals surface area (Å²) >= 11 is 0. The zero-order valence-electron chi connectivity index (χ0n) is 20.4. The van der Waals surface area contributed by atoms with Crippen LogP contribution < -0.4 is 4.57 Å². The summed E-state index contributed by atoms with van der Waals surface area (Å²) in [6, 6.07) is 17.4. The zero-order chi connectivity index (χ0) is 23.1. The van der Waals surface area contributed by atoms with Crippen LogP contribution in [0.15, 0.2) is 59.3 Å². The molecule has 0 saturated heterocycles. The van der Waals surface area contributed by atoms with E-state index in [1.165, 1.54) is 49.6 Å². The second kappa shape index (κ2) is 6.66. The lowest BCUT2D eigenvalue weighted by atomic mass is 9.64. The molecular formula is C30H31N2O+. The van der Waals surface area contributed by atoms with Crippen LogP contribution >= 0.6 is 0 Å². The molecule has 0 radical (unpaired) electrons. The highest BCUT2D eigenvalue weighted by atomic mass is 16.3. The molecule has 33 heavy (non-hydrogen) atoms. The van der Waals surface area contributed by atoms with E-state index in [4.69, 9.17) is 9.40 Å². The monoisotopic (exact) mass is 435 g/mol. The fraction of sp³-hybridized carbons (Fsp3) is 0.333. The maximum atomic E-state index is 6.66. The van der Waals surface area contributed by atoms with Gasteiger partial charge in [-0.2, -0.15) is 0 Å². The molecule has 1 aliphatic carbocycles. The zero-order valence-corrected chi connectivity index (χ0v) is 20.4. The molecule has 166 valence electrons. The first-order valence-electron chi connectivity index (χ1n) is 11.9. The molecule has 0 amide bonds. The van der Waals surface area contributed by atoms with Gasteiger partial charge in [0.1, 0.15) is 16.9 Å². The summed E-state index contributed by atoms with van der Waals surface area (Å²) in [5.74, 6) is 0. The fourth-order valence-electron chi connectivity index (χ4n) is 5.80. The average Bonchev–Trinajstić information content (AvgIpc) is 3.13. The third kappa shape index (κ3) is 2.88. The first-order chi connectivity index (χ1) is 15.7. The molecular weight excluding hydrogens is 404 g/mol. The van der Waals surface area contributed by atoms with Crippen molar-refractivity contribution >= 4 is 32.7 Å². The molecule has 3 nitrogen and oxygen atoms in total. The van der Waals surface area contributed by atoms with Crippen molar-refractivity contribution in [2.75, 3.05) is 0 Å². The van der Waals surface area contributed by atoms with Gasteiger partial charge in [-0.25, -0.2) is 4.57 Å². The Labute approximate surface area is 195 Å². The van der Waals surface area contributed by atoms with E-state index in [2.05, 4.69) is 94.8 Å². The number of aryl methyl sites for hydroxylation is 2. The Morgan fingerprint density at radius 1 is 0.879 bits per heavy atom. The van der Waals surface area contributed by atoms with Crippen molar-refractivity contribution in [2.45, 2.75) is 58.3 Å². The molecule has 0 atom stereocenters. The van der Waals surface area contributed by atoms with Crippen LogP contribution in [0.3, 0.4) is 0 Å². The van der Waals surface area contributed by atoms with Crippen molar-refractivity contribution in [3.63, 3.8) is 0 Å². The molecule has 0 unspecified atom stereocenters. The van der Waals surface area contributed by atoms with Crippen LogP contribution in [0.2, 0.25) is 0 Å². The van der Waals surface area contributed by atoms with Gasteiger partial charge in [-0.05, 0) is 53.6 Å². The van der Waals surface area contributed by atoms with Crippen LogP contribution in [0, 0.1) is 6.92 Å². The Balaban J connectivity index is 1.76. The van der Waals surface area contributed by atoms with Gasteiger partial charge in [-0.1, -0.05) is 69.1 Å². The Hall–Kier alpha value is -3.20. The molecule has 2 aromatic heterocycles. The highest BCUT2D eigenvalue weighted by molar-refractivity contribution is 6.13. The van der Waals surface area contributed by atoms with Crippen molar-refractivity contribution in [2.24, 2.45) is 7.05 Å². The molecule has 0 bridgehead atoms. The van der Waals surface area contributed by atoms with E-state index >= 15 is 0 Å². The molecule has 6 rings (SSSR count). The molecule has 0 spiro atoms. The Morgan fingerprint density at radius 2 is 1.58 bits per heavy atom. The normalized spacial score (nSPS) is 17.0. The standard InChI is InChI=1S/C30H31N2O/c1-18-11-12-21-22-15-19-9-7-8-10-20(19)16-23(22)33-27(21)24(18)26-25-28(31-17-32(26)6)30(4,5)14-13-29(25,2)3/h7-12,15-17H,13-14H2,1-6H3/q+1. The summed E-state index contributed by atoms with van der Waals surface area (Å²) in [7, 11) is 2.12. The molecule has 5 aromatic rings. The van der Waals surface area contributed by atoms with Gasteiger partial charge in [0.05, 0.1) is 18.2 Å². The minimum atomic E-state index is 0.0432. The number of aromatic nitrogens is 2.